The van der Waals surface area contributed by atoms with E-state index in [1.165, 1.54) is 33.6 Å². The van der Waals surface area contributed by atoms with Gasteiger partial charge in [0, 0.05) is 5.69 Å². The lowest BCUT2D eigenvalue weighted by atomic mass is 10.1. The van der Waals surface area contributed by atoms with Crippen molar-refractivity contribution in [2.24, 2.45) is 0 Å². The van der Waals surface area contributed by atoms with E-state index in [2.05, 4.69) is 15.5 Å². The number of anilines is 2. The van der Waals surface area contributed by atoms with Crippen LogP contribution in [0.2, 0.25) is 0 Å². The smallest absolute Gasteiger partial charge is 0.262 e. The third kappa shape index (κ3) is 3.21. The van der Waals surface area contributed by atoms with E-state index < -0.39 is 0 Å². The van der Waals surface area contributed by atoms with Crippen LogP contribution in [-0.2, 0) is 0 Å². The molecule has 0 unspecified atom stereocenters. The normalized spacial score (nSPS) is 13.2. The number of hydrogen-bond acceptors (Lipinski definition) is 7. The minimum Gasteiger partial charge on any atom is -0.330 e. The number of rotatable bonds is 5. The largest absolute Gasteiger partial charge is 0.330 e. The lowest BCUT2D eigenvalue weighted by Gasteiger charge is -2.11. The number of hydrogen-bond donors (Lipinski definition) is 1. The first-order valence-corrected chi connectivity index (χ1v) is 9.67. The second-order valence-corrected chi connectivity index (χ2v) is 7.89. The third-order valence-electron chi connectivity index (χ3n) is 3.90. The Hall–Kier alpha value is -2.71. The van der Waals surface area contributed by atoms with Crippen LogP contribution in [0.15, 0.2) is 52.9 Å². The van der Waals surface area contributed by atoms with Gasteiger partial charge in [-0.2, -0.15) is 0 Å². The van der Waals surface area contributed by atoms with Gasteiger partial charge in [0.05, 0.1) is 17.0 Å². The zero-order valence-corrected chi connectivity index (χ0v) is 15.4. The fraction of sp³-hybridized carbons (Fsp3) is 0.111. The van der Waals surface area contributed by atoms with Gasteiger partial charge in [0.15, 0.2) is 4.34 Å². The Bertz CT molecular complexity index is 950. The van der Waals surface area contributed by atoms with Crippen molar-refractivity contribution >= 4 is 45.7 Å². The predicted molar refractivity (Wildman–Crippen MR) is 102 cm³/mol. The Morgan fingerprint density at radius 3 is 2.31 bits per heavy atom. The van der Waals surface area contributed by atoms with Gasteiger partial charge in [0.2, 0.25) is 5.13 Å². The van der Waals surface area contributed by atoms with Crippen molar-refractivity contribution in [3.8, 4) is 0 Å². The van der Waals surface area contributed by atoms with Crippen molar-refractivity contribution in [2.75, 3.05) is 11.2 Å². The van der Waals surface area contributed by atoms with Gasteiger partial charge in [-0.1, -0.05) is 52.9 Å². The van der Waals surface area contributed by atoms with Crippen LogP contribution in [0.4, 0.5) is 10.8 Å². The molecule has 2 heterocycles. The molecule has 26 heavy (non-hydrogen) atoms. The van der Waals surface area contributed by atoms with Crippen molar-refractivity contribution in [1.82, 2.24) is 15.1 Å². The minimum atomic E-state index is -0.263. The van der Waals surface area contributed by atoms with Crippen molar-refractivity contribution in [3.63, 3.8) is 0 Å². The van der Waals surface area contributed by atoms with Crippen LogP contribution < -0.4 is 5.32 Å². The number of aromatic nitrogens is 2. The number of carbonyl (C=O) groups is 2. The average molecular weight is 382 g/mol. The summed E-state index contributed by atoms with van der Waals surface area (Å²) in [6, 6.07) is 14.8. The molecule has 130 valence electrons. The standard InChI is InChI=1S/C18H14N4O2S2/c1-11-6-8-12(9-7-11)19-17-20-21-18(26-17)25-10-22-15(23)13-4-2-3-5-14(13)16(22)24/h2-9H,10H2,1H3,(H,19,20). The minimum absolute atomic E-state index is 0.214. The topological polar surface area (TPSA) is 75.2 Å². The summed E-state index contributed by atoms with van der Waals surface area (Å²) in [5.74, 6) is -0.313. The molecule has 3 aromatic rings. The summed E-state index contributed by atoms with van der Waals surface area (Å²) in [5.41, 5.74) is 3.03. The molecular formula is C18H14N4O2S2. The van der Waals surface area contributed by atoms with E-state index in [0.717, 1.165) is 5.69 Å². The Morgan fingerprint density at radius 2 is 1.65 bits per heavy atom. The van der Waals surface area contributed by atoms with Crippen molar-refractivity contribution in [2.45, 2.75) is 11.3 Å². The molecule has 1 aliphatic rings. The summed E-state index contributed by atoms with van der Waals surface area (Å²) < 4.78 is 0.691. The van der Waals surface area contributed by atoms with Gasteiger partial charge in [-0.05, 0) is 31.2 Å². The summed E-state index contributed by atoms with van der Waals surface area (Å²) in [4.78, 5) is 25.9. The van der Waals surface area contributed by atoms with Gasteiger partial charge in [0.1, 0.15) is 0 Å². The number of nitrogens with zero attached hydrogens (tertiary/aromatic N) is 3. The lowest BCUT2D eigenvalue weighted by molar-refractivity contribution is 0.0684. The molecule has 1 N–H and O–H groups in total. The summed E-state index contributed by atoms with van der Waals surface area (Å²) in [7, 11) is 0. The predicted octanol–water partition coefficient (Wildman–Crippen LogP) is 3.94. The monoisotopic (exact) mass is 382 g/mol. The Kier molecular flexibility index (Phi) is 4.44. The average Bonchev–Trinajstić information content (AvgIpc) is 3.19. The van der Waals surface area contributed by atoms with Crippen molar-refractivity contribution < 1.29 is 9.59 Å². The number of benzene rings is 2. The van der Waals surface area contributed by atoms with Crippen LogP contribution in [0.25, 0.3) is 0 Å². The number of thioether (sulfide) groups is 1. The quantitative estimate of drug-likeness (QED) is 0.532. The third-order valence-corrected chi connectivity index (χ3v) is 5.86. The number of nitrogens with one attached hydrogen (secondary N) is 1. The van der Waals surface area contributed by atoms with Crippen molar-refractivity contribution in [3.05, 3.63) is 65.2 Å². The summed E-state index contributed by atoms with van der Waals surface area (Å²) in [6.07, 6.45) is 0. The van der Waals surface area contributed by atoms with E-state index >= 15 is 0 Å². The van der Waals surface area contributed by atoms with E-state index in [1.807, 2.05) is 31.2 Å². The number of amides is 2. The molecule has 1 aromatic heterocycles. The second kappa shape index (κ2) is 6.89. The van der Waals surface area contributed by atoms with E-state index in [4.69, 9.17) is 0 Å². The number of fused-ring (bicyclic) bond motifs is 1. The van der Waals surface area contributed by atoms with E-state index in [0.29, 0.717) is 20.6 Å². The van der Waals surface area contributed by atoms with Crippen LogP contribution >= 0.6 is 23.1 Å². The van der Waals surface area contributed by atoms with Gasteiger partial charge >= 0.3 is 0 Å². The number of carbonyl (C=O) groups excluding carboxylic acids is 2. The zero-order valence-electron chi connectivity index (χ0n) is 13.8. The SMILES string of the molecule is Cc1ccc(Nc2nnc(SCN3C(=O)c4ccccc4C3=O)s2)cc1. The number of aryl methyl sites for hydroxylation is 1. The lowest BCUT2D eigenvalue weighted by Crippen LogP contribution is -2.29. The van der Waals surface area contributed by atoms with Gasteiger partial charge in [0.25, 0.3) is 11.8 Å². The highest BCUT2D eigenvalue weighted by Crippen LogP contribution is 2.31. The molecule has 0 radical (unpaired) electrons. The van der Waals surface area contributed by atoms with Gasteiger partial charge in [-0.3, -0.25) is 14.5 Å². The summed E-state index contributed by atoms with van der Waals surface area (Å²) in [6.45, 7) is 2.03. The zero-order chi connectivity index (χ0) is 18.1. The number of imide groups is 1. The van der Waals surface area contributed by atoms with Crippen LogP contribution in [0.5, 0.6) is 0 Å². The summed E-state index contributed by atoms with van der Waals surface area (Å²) in [5, 5.41) is 12.1. The Labute approximate surface area is 158 Å². The van der Waals surface area contributed by atoms with Crippen LogP contribution in [-0.4, -0.2) is 32.8 Å². The van der Waals surface area contributed by atoms with Gasteiger partial charge in [-0.25, -0.2) is 0 Å². The van der Waals surface area contributed by atoms with Crippen LogP contribution in [0, 0.1) is 6.92 Å². The Balaban J connectivity index is 1.40. The van der Waals surface area contributed by atoms with E-state index in [-0.39, 0.29) is 17.7 Å². The van der Waals surface area contributed by atoms with Crippen LogP contribution in [0.1, 0.15) is 26.3 Å². The van der Waals surface area contributed by atoms with Crippen LogP contribution in [0.3, 0.4) is 0 Å². The fourth-order valence-corrected chi connectivity index (χ4v) is 4.26. The first kappa shape index (κ1) is 16.7. The molecule has 0 spiro atoms. The molecule has 0 fully saturated rings. The fourth-order valence-electron chi connectivity index (χ4n) is 2.56. The van der Waals surface area contributed by atoms with Gasteiger partial charge < -0.3 is 5.32 Å². The molecule has 4 rings (SSSR count). The molecule has 2 amide bonds. The summed E-state index contributed by atoms with van der Waals surface area (Å²) >= 11 is 2.70. The van der Waals surface area contributed by atoms with E-state index in [1.54, 1.807) is 24.3 Å². The maximum absolute atomic E-state index is 12.3. The van der Waals surface area contributed by atoms with Gasteiger partial charge in [-0.15, -0.1) is 10.2 Å². The highest BCUT2D eigenvalue weighted by molar-refractivity contribution is 8.01. The molecule has 0 bridgehead atoms. The molecular weight excluding hydrogens is 368 g/mol. The highest BCUT2D eigenvalue weighted by Gasteiger charge is 2.35. The molecule has 1 aliphatic heterocycles. The molecule has 2 aromatic carbocycles. The Morgan fingerprint density at radius 1 is 1.00 bits per heavy atom. The molecule has 8 heteroatoms. The maximum atomic E-state index is 12.3. The molecule has 0 saturated heterocycles. The second-order valence-electron chi connectivity index (χ2n) is 5.72. The molecule has 0 aliphatic carbocycles. The highest BCUT2D eigenvalue weighted by atomic mass is 32.2. The molecule has 6 nitrogen and oxygen atoms in total. The van der Waals surface area contributed by atoms with Crippen molar-refractivity contribution in [1.29, 1.82) is 0 Å². The van der Waals surface area contributed by atoms with E-state index in [9.17, 15) is 9.59 Å². The first-order chi connectivity index (χ1) is 12.6. The first-order valence-electron chi connectivity index (χ1n) is 7.87. The molecule has 0 atom stereocenters. The maximum Gasteiger partial charge on any atom is 0.262 e. The molecule has 0 saturated carbocycles.